The van der Waals surface area contributed by atoms with Gasteiger partial charge in [0.2, 0.25) is 0 Å². The second kappa shape index (κ2) is 9.27. The molecule has 1 N–H and O–H groups in total. The Balaban J connectivity index is 2.70. The molecule has 0 saturated carbocycles. The van der Waals surface area contributed by atoms with Crippen LogP contribution in [0.4, 0.5) is 0 Å². The molecular weight excluding hydrogens is 312 g/mol. The Morgan fingerprint density at radius 3 is 2.67 bits per heavy atom. The molecule has 0 radical (unpaired) electrons. The van der Waals surface area contributed by atoms with Gasteiger partial charge in [-0.3, -0.25) is 4.79 Å². The number of hydrogen-bond acceptors (Lipinski definition) is 5. The smallest absolute Gasteiger partial charge is 0.329 e. The average Bonchev–Trinajstić information content (AvgIpc) is 2.49. The lowest BCUT2D eigenvalue weighted by atomic mass is 10.1. The van der Waals surface area contributed by atoms with Crippen molar-refractivity contribution < 1.29 is 14.3 Å². The average molecular weight is 327 g/mol. The van der Waals surface area contributed by atoms with E-state index in [0.717, 1.165) is 0 Å². The Morgan fingerprint density at radius 1 is 1.43 bits per heavy atom. The van der Waals surface area contributed by atoms with Crippen LogP contribution in [-0.2, 0) is 9.53 Å². The minimum atomic E-state index is -0.769. The minimum absolute atomic E-state index is 0.328. The first-order valence-corrected chi connectivity index (χ1v) is 7.94. The number of halogens is 1. The lowest BCUT2D eigenvalue weighted by Gasteiger charge is -2.16. The molecule has 1 atom stereocenters. The number of thioether (sulfide) groups is 1. The van der Waals surface area contributed by atoms with E-state index in [1.165, 1.54) is 0 Å². The molecule has 0 heterocycles. The number of nitrogens with one attached hydrogen (secondary N) is 1. The molecule has 0 spiro atoms. The normalized spacial score (nSPS) is 11.3. The molecule has 7 heteroatoms. The maximum atomic E-state index is 12.1. The van der Waals surface area contributed by atoms with E-state index >= 15 is 0 Å². The van der Waals surface area contributed by atoms with Gasteiger partial charge in [0.25, 0.3) is 5.91 Å². The van der Waals surface area contributed by atoms with Gasteiger partial charge in [0.05, 0.1) is 0 Å². The second-order valence-corrected chi connectivity index (χ2v) is 5.50. The van der Waals surface area contributed by atoms with Crippen LogP contribution in [0.5, 0.6) is 0 Å². The fraction of sp³-hybridized carbons (Fsp3) is 0.357. The highest BCUT2D eigenvalue weighted by Gasteiger charge is 2.22. The van der Waals surface area contributed by atoms with E-state index in [4.69, 9.17) is 21.6 Å². The van der Waals surface area contributed by atoms with Gasteiger partial charge in [-0.15, -0.1) is 0 Å². The van der Waals surface area contributed by atoms with Crippen LogP contribution in [0, 0.1) is 11.3 Å². The van der Waals surface area contributed by atoms with Crippen LogP contribution < -0.4 is 5.32 Å². The van der Waals surface area contributed by atoms with Crippen LogP contribution >= 0.6 is 23.4 Å². The first-order chi connectivity index (χ1) is 10.1. The van der Waals surface area contributed by atoms with Crippen molar-refractivity contribution in [3.05, 3.63) is 34.9 Å². The maximum Gasteiger partial charge on any atom is 0.329 e. The summed E-state index contributed by atoms with van der Waals surface area (Å²) in [5.74, 6) is -0.299. The molecule has 0 aromatic heterocycles. The SMILES string of the molecule is CSCC[C@@H](NC(=O)c1ccc(Cl)cc1)C(=O)OCC#N. The number of rotatable bonds is 7. The third-order valence-electron chi connectivity index (χ3n) is 2.59. The van der Waals surface area contributed by atoms with Gasteiger partial charge in [-0.25, -0.2) is 4.79 Å². The fourth-order valence-corrected chi connectivity index (χ4v) is 2.13. The summed E-state index contributed by atoms with van der Waals surface area (Å²) >= 11 is 7.31. The number of ether oxygens (including phenoxy) is 1. The van der Waals surface area contributed by atoms with Crippen molar-refractivity contribution in [3.8, 4) is 6.07 Å². The van der Waals surface area contributed by atoms with Crippen molar-refractivity contribution in [2.24, 2.45) is 0 Å². The molecule has 0 unspecified atom stereocenters. The molecule has 1 aromatic rings. The highest BCUT2D eigenvalue weighted by molar-refractivity contribution is 7.98. The highest BCUT2D eigenvalue weighted by atomic mass is 35.5. The first-order valence-electron chi connectivity index (χ1n) is 6.17. The van der Waals surface area contributed by atoms with Crippen molar-refractivity contribution in [3.63, 3.8) is 0 Å². The summed E-state index contributed by atoms with van der Waals surface area (Å²) in [6.07, 6.45) is 2.34. The molecule has 21 heavy (non-hydrogen) atoms. The molecule has 0 aliphatic heterocycles. The molecule has 1 amide bonds. The number of benzene rings is 1. The van der Waals surface area contributed by atoms with Crippen molar-refractivity contribution in [2.45, 2.75) is 12.5 Å². The van der Waals surface area contributed by atoms with Crippen molar-refractivity contribution in [1.82, 2.24) is 5.32 Å². The van der Waals surface area contributed by atoms with E-state index in [9.17, 15) is 9.59 Å². The van der Waals surface area contributed by atoms with Crippen LogP contribution in [0.3, 0.4) is 0 Å². The molecule has 1 aromatic carbocycles. The molecule has 0 aliphatic carbocycles. The van der Waals surface area contributed by atoms with Gasteiger partial charge in [0.1, 0.15) is 12.1 Å². The lowest BCUT2D eigenvalue weighted by Crippen LogP contribution is -2.42. The molecule has 112 valence electrons. The quantitative estimate of drug-likeness (QED) is 0.777. The van der Waals surface area contributed by atoms with Crippen LogP contribution in [0.1, 0.15) is 16.8 Å². The van der Waals surface area contributed by atoms with E-state index in [1.54, 1.807) is 42.1 Å². The summed E-state index contributed by atoms with van der Waals surface area (Å²) < 4.78 is 4.76. The number of nitriles is 1. The largest absolute Gasteiger partial charge is 0.449 e. The van der Waals surface area contributed by atoms with Crippen LogP contribution in [0.15, 0.2) is 24.3 Å². The molecular formula is C14H15ClN2O3S. The Labute approximate surface area is 132 Å². The monoisotopic (exact) mass is 326 g/mol. The predicted octanol–water partition coefficient (Wildman–Crippen LogP) is 2.26. The Kier molecular flexibility index (Phi) is 7.65. The summed E-state index contributed by atoms with van der Waals surface area (Å²) in [5, 5.41) is 11.6. The van der Waals surface area contributed by atoms with Crippen LogP contribution in [0.2, 0.25) is 5.02 Å². The Morgan fingerprint density at radius 2 is 2.10 bits per heavy atom. The van der Waals surface area contributed by atoms with Gasteiger partial charge in [-0.2, -0.15) is 17.0 Å². The van der Waals surface area contributed by atoms with E-state index in [-0.39, 0.29) is 12.5 Å². The van der Waals surface area contributed by atoms with Gasteiger partial charge in [0, 0.05) is 10.6 Å². The molecule has 0 bridgehead atoms. The maximum absolute atomic E-state index is 12.1. The Bertz CT molecular complexity index is 528. The number of hydrogen-bond donors (Lipinski definition) is 1. The highest BCUT2D eigenvalue weighted by Crippen LogP contribution is 2.10. The summed E-state index contributed by atoms with van der Waals surface area (Å²) in [7, 11) is 0. The van der Waals surface area contributed by atoms with E-state index in [0.29, 0.717) is 22.8 Å². The zero-order valence-corrected chi connectivity index (χ0v) is 13.0. The zero-order valence-electron chi connectivity index (χ0n) is 11.5. The first kappa shape index (κ1) is 17.3. The lowest BCUT2D eigenvalue weighted by molar-refractivity contribution is -0.144. The van der Waals surface area contributed by atoms with Gasteiger partial charge in [-0.05, 0) is 42.7 Å². The molecule has 5 nitrogen and oxygen atoms in total. The third kappa shape index (κ3) is 6.06. The molecule has 0 aliphatic rings. The summed E-state index contributed by atoms with van der Waals surface area (Å²) in [6.45, 7) is -0.328. The van der Waals surface area contributed by atoms with Crippen molar-refractivity contribution >= 4 is 35.2 Å². The number of carbonyl (C=O) groups excluding carboxylic acids is 2. The predicted molar refractivity (Wildman–Crippen MR) is 82.3 cm³/mol. The van der Waals surface area contributed by atoms with Crippen molar-refractivity contribution in [2.75, 3.05) is 18.6 Å². The molecule has 0 fully saturated rings. The molecule has 0 saturated heterocycles. The standard InChI is InChI=1S/C14H15ClN2O3S/c1-21-9-6-12(14(19)20-8-7-16)17-13(18)10-2-4-11(15)5-3-10/h2-5,12H,6,8-9H2,1H3,(H,17,18)/t12-/m1/s1. The van der Waals surface area contributed by atoms with Gasteiger partial charge in [-0.1, -0.05) is 11.6 Å². The fourth-order valence-electron chi connectivity index (χ4n) is 1.53. The second-order valence-electron chi connectivity index (χ2n) is 4.08. The number of esters is 1. The van der Waals surface area contributed by atoms with Gasteiger partial charge < -0.3 is 10.1 Å². The van der Waals surface area contributed by atoms with Gasteiger partial charge >= 0.3 is 5.97 Å². The molecule has 1 rings (SSSR count). The number of carbonyl (C=O) groups is 2. The Hall–Kier alpha value is -1.71. The van der Waals surface area contributed by atoms with E-state index in [1.807, 2.05) is 6.26 Å². The minimum Gasteiger partial charge on any atom is -0.449 e. The number of nitrogens with zero attached hydrogens (tertiary/aromatic N) is 1. The van der Waals surface area contributed by atoms with Crippen LogP contribution in [-0.4, -0.2) is 36.5 Å². The number of amides is 1. The topological polar surface area (TPSA) is 79.2 Å². The van der Waals surface area contributed by atoms with E-state index in [2.05, 4.69) is 5.32 Å². The van der Waals surface area contributed by atoms with E-state index < -0.39 is 12.0 Å². The summed E-state index contributed by atoms with van der Waals surface area (Å²) in [4.78, 5) is 23.9. The van der Waals surface area contributed by atoms with Crippen molar-refractivity contribution in [1.29, 1.82) is 5.26 Å². The zero-order chi connectivity index (χ0) is 15.7. The van der Waals surface area contributed by atoms with Crippen LogP contribution in [0.25, 0.3) is 0 Å². The van der Waals surface area contributed by atoms with Gasteiger partial charge in [0.15, 0.2) is 6.61 Å². The summed E-state index contributed by atoms with van der Waals surface area (Å²) in [5.41, 5.74) is 0.404. The third-order valence-corrected chi connectivity index (χ3v) is 3.48. The summed E-state index contributed by atoms with van der Waals surface area (Å²) in [6, 6.07) is 7.30.